The van der Waals surface area contributed by atoms with Crippen molar-refractivity contribution < 1.29 is 33.5 Å². The van der Waals surface area contributed by atoms with Gasteiger partial charge in [0.15, 0.2) is 11.5 Å². The standard InChI is InChI=1S/C16H17NO4.ClH/c18-11-3-8-1-2-17-6-9-4-12-13(21-7-20-12)5-10(9)14(15(8)17)16(11)19;/h3-5,11,14-16,18-19H,1-2,6-7H2;1H/t11-,14-,15+,16+;/m0./s1. The van der Waals surface area contributed by atoms with Gasteiger partial charge < -0.3 is 32.1 Å². The first kappa shape index (κ1) is 14.3. The van der Waals surface area contributed by atoms with Gasteiger partial charge >= 0.3 is 1.43 Å². The quantitative estimate of drug-likeness (QED) is 0.534. The fourth-order valence-electron chi connectivity index (χ4n) is 4.35. The predicted molar refractivity (Wildman–Crippen MR) is 75.3 cm³/mol. The fraction of sp³-hybridized carbons (Fsp3) is 0.500. The Hall–Kier alpha value is -1.27. The molecule has 0 aromatic heterocycles. The van der Waals surface area contributed by atoms with Crippen LogP contribution in [0.25, 0.3) is 0 Å². The van der Waals surface area contributed by atoms with Crippen LogP contribution in [0.4, 0.5) is 0 Å². The van der Waals surface area contributed by atoms with Crippen LogP contribution in [0.3, 0.4) is 0 Å². The van der Waals surface area contributed by atoms with Crippen LogP contribution in [0.2, 0.25) is 0 Å². The van der Waals surface area contributed by atoms with Crippen LogP contribution in [0.15, 0.2) is 23.8 Å². The van der Waals surface area contributed by atoms with Gasteiger partial charge in [0.25, 0.3) is 0 Å². The maximum Gasteiger partial charge on any atom is 1.00 e. The monoisotopic (exact) mass is 323 g/mol. The van der Waals surface area contributed by atoms with Crippen molar-refractivity contribution in [1.82, 2.24) is 4.90 Å². The van der Waals surface area contributed by atoms with Gasteiger partial charge in [0.2, 0.25) is 6.79 Å². The molecule has 0 bridgehead atoms. The zero-order chi connectivity index (χ0) is 14.1. The molecule has 0 unspecified atom stereocenters. The zero-order valence-corrected chi connectivity index (χ0v) is 12.7. The Balaban J connectivity index is 0.000000781. The van der Waals surface area contributed by atoms with E-state index in [4.69, 9.17) is 9.47 Å². The highest BCUT2D eigenvalue weighted by Crippen LogP contribution is 2.49. The molecule has 6 heteroatoms. The van der Waals surface area contributed by atoms with Crippen LogP contribution in [0.5, 0.6) is 11.5 Å². The van der Waals surface area contributed by atoms with Gasteiger partial charge in [-0.15, -0.1) is 0 Å². The zero-order valence-electron chi connectivity index (χ0n) is 12.9. The number of fused-ring (bicyclic) bond motifs is 3. The second kappa shape index (κ2) is 4.86. The van der Waals surface area contributed by atoms with Crippen LogP contribution in [0, 0.1) is 0 Å². The molecule has 1 fully saturated rings. The van der Waals surface area contributed by atoms with Crippen molar-refractivity contribution in [2.45, 2.75) is 37.1 Å². The second-order valence-electron chi connectivity index (χ2n) is 6.32. The number of aliphatic hydroxyl groups is 2. The van der Waals surface area contributed by atoms with Gasteiger partial charge in [-0.25, -0.2) is 0 Å². The summed E-state index contributed by atoms with van der Waals surface area (Å²) < 4.78 is 10.9. The maximum absolute atomic E-state index is 10.5. The minimum Gasteiger partial charge on any atom is -1.00 e. The predicted octanol–water partition coefficient (Wildman–Crippen LogP) is -2.13. The van der Waals surface area contributed by atoms with E-state index in [-0.39, 0.29) is 32.6 Å². The lowest BCUT2D eigenvalue weighted by Gasteiger charge is -2.44. The van der Waals surface area contributed by atoms with Gasteiger partial charge in [0, 0.05) is 25.0 Å². The average molecular weight is 324 g/mol. The summed E-state index contributed by atoms with van der Waals surface area (Å²) in [6, 6.07) is 4.25. The fourth-order valence-corrected chi connectivity index (χ4v) is 4.35. The number of ether oxygens (including phenoxy) is 2. The van der Waals surface area contributed by atoms with Gasteiger partial charge in [-0.1, -0.05) is 11.6 Å². The van der Waals surface area contributed by atoms with E-state index in [1.807, 2.05) is 18.2 Å². The van der Waals surface area contributed by atoms with Crippen molar-refractivity contribution in [3.8, 4) is 11.5 Å². The van der Waals surface area contributed by atoms with Crippen molar-refractivity contribution >= 4 is 0 Å². The lowest BCUT2D eigenvalue weighted by molar-refractivity contribution is -0.00157. The molecule has 0 amide bonds. The summed E-state index contributed by atoms with van der Waals surface area (Å²) in [5.74, 6) is 1.45. The third kappa shape index (κ3) is 1.77. The number of nitrogens with zero attached hydrogens (tertiary/aromatic N) is 1. The van der Waals surface area contributed by atoms with Gasteiger partial charge in [-0.05, 0) is 29.7 Å². The van der Waals surface area contributed by atoms with Gasteiger partial charge in [0.1, 0.15) is 0 Å². The van der Waals surface area contributed by atoms with Crippen molar-refractivity contribution in [3.05, 3.63) is 34.9 Å². The third-order valence-electron chi connectivity index (χ3n) is 5.27. The summed E-state index contributed by atoms with van der Waals surface area (Å²) in [5.41, 5.74) is 3.54. The van der Waals surface area contributed by atoms with Crippen LogP contribution in [0.1, 0.15) is 24.9 Å². The molecule has 2 N–H and O–H groups in total. The van der Waals surface area contributed by atoms with Crippen molar-refractivity contribution in [2.24, 2.45) is 0 Å². The molecule has 5 rings (SSSR count). The smallest absolute Gasteiger partial charge is 1.00 e. The molecule has 0 spiro atoms. The van der Waals surface area contributed by atoms with Crippen molar-refractivity contribution in [1.29, 1.82) is 0 Å². The van der Waals surface area contributed by atoms with Gasteiger partial charge in [-0.2, -0.15) is 0 Å². The molecule has 1 aliphatic carbocycles. The molecule has 1 saturated heterocycles. The molecule has 3 aliphatic heterocycles. The van der Waals surface area contributed by atoms with Crippen molar-refractivity contribution in [3.63, 3.8) is 0 Å². The molecular formula is C16H18ClNO4. The highest BCUT2D eigenvalue weighted by atomic mass is 35.5. The van der Waals surface area contributed by atoms with Gasteiger partial charge in [-0.3, -0.25) is 4.90 Å². The number of aliphatic hydroxyl groups excluding tert-OH is 2. The minimum atomic E-state index is -0.780. The summed E-state index contributed by atoms with van der Waals surface area (Å²) in [6.07, 6.45) is 1.28. The molecule has 4 atom stereocenters. The number of hydrogen-bond acceptors (Lipinski definition) is 5. The third-order valence-corrected chi connectivity index (χ3v) is 5.27. The molecule has 1 aromatic rings. The summed E-state index contributed by atoms with van der Waals surface area (Å²) in [4.78, 5) is 2.40. The Morgan fingerprint density at radius 3 is 2.77 bits per heavy atom. The first-order chi connectivity index (χ1) is 10.2. The number of benzene rings is 1. The first-order valence-corrected chi connectivity index (χ1v) is 7.45. The van der Waals surface area contributed by atoms with Crippen LogP contribution in [-0.2, 0) is 6.54 Å². The topological polar surface area (TPSA) is 62.2 Å². The molecule has 5 nitrogen and oxygen atoms in total. The molecule has 0 radical (unpaired) electrons. The lowest BCUT2D eigenvalue weighted by Crippen LogP contribution is -3.00. The van der Waals surface area contributed by atoms with E-state index in [1.165, 1.54) is 11.1 Å². The molecule has 1 aromatic carbocycles. The Morgan fingerprint density at radius 2 is 1.95 bits per heavy atom. The Labute approximate surface area is 136 Å². The summed E-state index contributed by atoms with van der Waals surface area (Å²) in [6.45, 7) is 2.11. The summed E-state index contributed by atoms with van der Waals surface area (Å²) in [7, 11) is 0. The SMILES string of the molecule is O[C@H]1[C@H]2c3cc4c(cc3CN3CCC(=C[C@@H]1O)[C@H]23)OCO4.[Cl-].[H+]. The molecular weight excluding hydrogens is 306 g/mol. The summed E-state index contributed by atoms with van der Waals surface area (Å²) >= 11 is 0. The molecule has 118 valence electrons. The normalized spacial score (nSPS) is 34.5. The van der Waals surface area contributed by atoms with E-state index in [9.17, 15) is 10.2 Å². The highest BCUT2D eigenvalue weighted by molar-refractivity contribution is 5.53. The highest BCUT2D eigenvalue weighted by Gasteiger charge is 2.48. The Bertz CT molecular complexity index is 668. The second-order valence-corrected chi connectivity index (χ2v) is 6.32. The molecule has 4 aliphatic rings. The Morgan fingerprint density at radius 1 is 1.18 bits per heavy atom. The van der Waals surface area contributed by atoms with Crippen LogP contribution < -0.4 is 21.9 Å². The van der Waals surface area contributed by atoms with Crippen LogP contribution >= 0.6 is 0 Å². The minimum absolute atomic E-state index is 0. The van der Waals surface area contributed by atoms with E-state index >= 15 is 0 Å². The van der Waals surface area contributed by atoms with E-state index < -0.39 is 12.2 Å². The van der Waals surface area contributed by atoms with E-state index in [1.54, 1.807) is 0 Å². The maximum atomic E-state index is 10.5. The first-order valence-electron chi connectivity index (χ1n) is 7.45. The molecule has 0 saturated carbocycles. The van der Waals surface area contributed by atoms with Crippen molar-refractivity contribution in [2.75, 3.05) is 13.3 Å². The Kier molecular flexibility index (Phi) is 3.17. The van der Waals surface area contributed by atoms with E-state index in [0.717, 1.165) is 36.6 Å². The number of halogens is 1. The number of hydrogen-bond donors (Lipinski definition) is 2. The van der Waals surface area contributed by atoms with E-state index in [2.05, 4.69) is 4.90 Å². The summed E-state index contributed by atoms with van der Waals surface area (Å²) in [5, 5.41) is 20.7. The average Bonchev–Trinajstić information content (AvgIpc) is 3.08. The van der Waals surface area contributed by atoms with E-state index in [0.29, 0.717) is 0 Å². The lowest BCUT2D eigenvalue weighted by atomic mass is 9.73. The number of rotatable bonds is 0. The van der Waals surface area contributed by atoms with Gasteiger partial charge in [0.05, 0.1) is 12.2 Å². The molecule has 22 heavy (non-hydrogen) atoms. The largest absolute Gasteiger partial charge is 1.00 e. The molecule has 3 heterocycles. The van der Waals surface area contributed by atoms with Crippen LogP contribution in [-0.4, -0.2) is 46.7 Å².